The molecule has 15 heavy (non-hydrogen) atoms. The minimum Gasteiger partial charge on any atom is -0.496 e. The summed E-state index contributed by atoms with van der Waals surface area (Å²) in [5, 5.41) is 9.55. The van der Waals surface area contributed by atoms with Gasteiger partial charge in [0, 0.05) is 5.56 Å². The predicted octanol–water partition coefficient (Wildman–Crippen LogP) is 0.616. The highest BCUT2D eigenvalue weighted by Gasteiger charge is 2.18. The SMILES string of the molecule is COc1ccccc1C(O)CS(=O)(=O)O. The summed E-state index contributed by atoms with van der Waals surface area (Å²) in [5.41, 5.74) is 0.331. The van der Waals surface area contributed by atoms with Gasteiger partial charge in [0.05, 0.1) is 13.2 Å². The van der Waals surface area contributed by atoms with Crippen molar-refractivity contribution in [2.24, 2.45) is 0 Å². The van der Waals surface area contributed by atoms with Crippen LogP contribution in [0.15, 0.2) is 24.3 Å². The maximum absolute atomic E-state index is 10.6. The van der Waals surface area contributed by atoms with Gasteiger partial charge in [-0.3, -0.25) is 4.55 Å². The number of benzene rings is 1. The second-order valence-electron chi connectivity index (χ2n) is 3.01. The first-order valence-electron chi connectivity index (χ1n) is 4.20. The number of hydrogen-bond acceptors (Lipinski definition) is 4. The van der Waals surface area contributed by atoms with Gasteiger partial charge in [-0.15, -0.1) is 0 Å². The summed E-state index contributed by atoms with van der Waals surface area (Å²) in [6.45, 7) is 0. The van der Waals surface area contributed by atoms with Crippen molar-refractivity contribution in [3.05, 3.63) is 29.8 Å². The third kappa shape index (κ3) is 3.50. The summed E-state index contributed by atoms with van der Waals surface area (Å²) in [6, 6.07) is 6.48. The van der Waals surface area contributed by atoms with E-state index in [2.05, 4.69) is 0 Å². The van der Waals surface area contributed by atoms with Crippen molar-refractivity contribution in [3.63, 3.8) is 0 Å². The van der Waals surface area contributed by atoms with Crippen LogP contribution in [0.5, 0.6) is 5.75 Å². The Bertz CT molecular complexity index is 426. The predicted molar refractivity (Wildman–Crippen MR) is 54.4 cm³/mol. The lowest BCUT2D eigenvalue weighted by Crippen LogP contribution is -2.13. The molecule has 6 heteroatoms. The number of rotatable bonds is 4. The molecule has 1 aromatic carbocycles. The molecular formula is C9H12O5S. The fraction of sp³-hybridized carbons (Fsp3) is 0.333. The molecule has 0 radical (unpaired) electrons. The smallest absolute Gasteiger partial charge is 0.267 e. The third-order valence-corrected chi connectivity index (χ3v) is 2.60. The van der Waals surface area contributed by atoms with Gasteiger partial charge in [0.15, 0.2) is 0 Å². The molecule has 0 aromatic heterocycles. The molecule has 0 aliphatic carbocycles. The molecule has 2 N–H and O–H groups in total. The zero-order valence-corrected chi connectivity index (χ0v) is 8.94. The Morgan fingerprint density at radius 3 is 2.53 bits per heavy atom. The van der Waals surface area contributed by atoms with Crippen molar-refractivity contribution in [3.8, 4) is 5.75 Å². The number of methoxy groups -OCH3 is 1. The molecule has 1 unspecified atom stereocenters. The first-order chi connectivity index (χ1) is 6.94. The average Bonchev–Trinajstić information content (AvgIpc) is 2.15. The summed E-state index contributed by atoms with van der Waals surface area (Å²) in [7, 11) is -2.79. The lowest BCUT2D eigenvalue weighted by molar-refractivity contribution is 0.194. The van der Waals surface area contributed by atoms with Crippen LogP contribution in [0.1, 0.15) is 11.7 Å². The van der Waals surface area contributed by atoms with Gasteiger partial charge in [0.1, 0.15) is 11.5 Å². The van der Waals surface area contributed by atoms with E-state index in [-0.39, 0.29) is 0 Å². The minimum atomic E-state index is -4.20. The van der Waals surface area contributed by atoms with Crippen molar-refractivity contribution in [2.75, 3.05) is 12.9 Å². The molecule has 0 aliphatic heterocycles. The number of ether oxygens (including phenoxy) is 1. The topological polar surface area (TPSA) is 83.8 Å². The summed E-state index contributed by atoms with van der Waals surface area (Å²) >= 11 is 0. The molecule has 84 valence electrons. The Balaban J connectivity index is 2.95. The van der Waals surface area contributed by atoms with Crippen LogP contribution in [-0.4, -0.2) is 30.9 Å². The summed E-state index contributed by atoms with van der Waals surface area (Å²) < 4.78 is 34.7. The Labute approximate surface area is 88.1 Å². The largest absolute Gasteiger partial charge is 0.496 e. The monoisotopic (exact) mass is 232 g/mol. The first-order valence-corrected chi connectivity index (χ1v) is 5.81. The molecule has 0 bridgehead atoms. The van der Waals surface area contributed by atoms with Crippen LogP contribution in [0.4, 0.5) is 0 Å². The summed E-state index contributed by atoms with van der Waals surface area (Å²) in [6.07, 6.45) is -1.30. The van der Waals surface area contributed by atoms with Crippen molar-refractivity contribution in [1.29, 1.82) is 0 Å². The molecule has 0 saturated heterocycles. The minimum absolute atomic E-state index is 0.331. The third-order valence-electron chi connectivity index (χ3n) is 1.87. The molecule has 0 heterocycles. The fourth-order valence-corrected chi connectivity index (χ4v) is 1.81. The number of aliphatic hydroxyl groups is 1. The van der Waals surface area contributed by atoms with E-state index >= 15 is 0 Å². The molecule has 0 aliphatic rings. The maximum atomic E-state index is 10.6. The fourth-order valence-electron chi connectivity index (χ4n) is 1.23. The zero-order chi connectivity index (χ0) is 11.5. The van der Waals surface area contributed by atoms with Crippen molar-refractivity contribution in [1.82, 2.24) is 0 Å². The van der Waals surface area contributed by atoms with Gasteiger partial charge < -0.3 is 9.84 Å². The molecule has 0 fully saturated rings. The van der Waals surface area contributed by atoms with Gasteiger partial charge in [0.25, 0.3) is 10.1 Å². The van der Waals surface area contributed by atoms with Crippen LogP contribution < -0.4 is 4.74 Å². The standard InChI is InChI=1S/C9H12O5S/c1-14-9-5-3-2-4-7(9)8(10)6-15(11,12)13/h2-5,8,10H,6H2,1H3,(H,11,12,13). The zero-order valence-electron chi connectivity index (χ0n) is 8.12. The highest BCUT2D eigenvalue weighted by molar-refractivity contribution is 7.85. The van der Waals surface area contributed by atoms with Gasteiger partial charge in [-0.05, 0) is 6.07 Å². The number of aliphatic hydroxyl groups excluding tert-OH is 1. The Morgan fingerprint density at radius 2 is 2.00 bits per heavy atom. The molecule has 5 nitrogen and oxygen atoms in total. The van der Waals surface area contributed by atoms with Crippen LogP contribution >= 0.6 is 0 Å². The van der Waals surface area contributed by atoms with E-state index in [1.807, 2.05) is 0 Å². The van der Waals surface area contributed by atoms with E-state index in [1.165, 1.54) is 13.2 Å². The van der Waals surface area contributed by atoms with E-state index in [9.17, 15) is 13.5 Å². The van der Waals surface area contributed by atoms with Crippen LogP contribution in [0.3, 0.4) is 0 Å². The molecule has 1 rings (SSSR count). The lowest BCUT2D eigenvalue weighted by atomic mass is 10.1. The van der Waals surface area contributed by atoms with E-state index < -0.39 is 22.0 Å². The molecule has 1 aromatic rings. The van der Waals surface area contributed by atoms with Crippen molar-refractivity contribution in [2.45, 2.75) is 6.10 Å². The summed E-state index contributed by atoms with van der Waals surface area (Å²) in [4.78, 5) is 0. The van der Waals surface area contributed by atoms with Gasteiger partial charge in [0.2, 0.25) is 0 Å². The van der Waals surface area contributed by atoms with E-state index in [1.54, 1.807) is 18.2 Å². The number of hydrogen-bond donors (Lipinski definition) is 2. The van der Waals surface area contributed by atoms with E-state index in [0.717, 1.165) is 0 Å². The molecule has 0 saturated carbocycles. The van der Waals surface area contributed by atoms with Crippen LogP contribution in [0, 0.1) is 0 Å². The second kappa shape index (κ2) is 4.61. The van der Waals surface area contributed by atoms with Crippen LogP contribution in [0.2, 0.25) is 0 Å². The molecule has 0 amide bonds. The highest BCUT2D eigenvalue weighted by Crippen LogP contribution is 2.25. The van der Waals surface area contributed by atoms with Crippen molar-refractivity contribution < 1.29 is 22.8 Å². The van der Waals surface area contributed by atoms with Gasteiger partial charge in [-0.1, -0.05) is 18.2 Å². The molecule has 0 spiro atoms. The molecule has 1 atom stereocenters. The first kappa shape index (κ1) is 12.0. The van der Waals surface area contributed by atoms with E-state index in [4.69, 9.17) is 9.29 Å². The maximum Gasteiger partial charge on any atom is 0.267 e. The average molecular weight is 232 g/mol. The quantitative estimate of drug-likeness (QED) is 0.743. The number of para-hydroxylation sites is 1. The Kier molecular flexibility index (Phi) is 3.67. The lowest BCUT2D eigenvalue weighted by Gasteiger charge is -2.12. The normalized spacial score (nSPS) is 13.5. The Morgan fingerprint density at radius 1 is 1.40 bits per heavy atom. The highest BCUT2D eigenvalue weighted by atomic mass is 32.2. The van der Waals surface area contributed by atoms with Gasteiger partial charge in [-0.25, -0.2) is 0 Å². The van der Waals surface area contributed by atoms with Crippen molar-refractivity contribution >= 4 is 10.1 Å². The van der Waals surface area contributed by atoms with Crippen LogP contribution in [0.25, 0.3) is 0 Å². The van der Waals surface area contributed by atoms with Gasteiger partial charge >= 0.3 is 0 Å². The molecular weight excluding hydrogens is 220 g/mol. The second-order valence-corrected chi connectivity index (χ2v) is 4.50. The van der Waals surface area contributed by atoms with Crippen LogP contribution in [-0.2, 0) is 10.1 Å². The Hall–Kier alpha value is -1.11. The van der Waals surface area contributed by atoms with Gasteiger partial charge in [-0.2, -0.15) is 8.42 Å². The van der Waals surface area contributed by atoms with E-state index in [0.29, 0.717) is 11.3 Å². The summed E-state index contributed by atoms with van der Waals surface area (Å²) in [5.74, 6) is -0.360.